The third-order valence-electron chi connectivity index (χ3n) is 1.66. The average Bonchev–Trinajstić information content (AvgIpc) is 2.48. The number of rotatable bonds is 3. The fraction of sp³-hybridized carbons (Fsp3) is 0.625. The van der Waals surface area contributed by atoms with Crippen LogP contribution in [0.4, 0.5) is 5.82 Å². The van der Waals surface area contributed by atoms with E-state index >= 15 is 0 Å². The van der Waals surface area contributed by atoms with Crippen LogP contribution in [0.15, 0.2) is 4.99 Å². The molecule has 0 atom stereocenters. The van der Waals surface area contributed by atoms with Crippen molar-refractivity contribution in [3.8, 4) is 0 Å². The van der Waals surface area contributed by atoms with Crippen molar-refractivity contribution in [1.29, 1.82) is 0 Å². The number of aliphatic imine (C=N–C) groups is 1. The summed E-state index contributed by atoms with van der Waals surface area (Å²) in [5.74, 6) is 0.891. The molecule has 1 aromatic rings. The van der Waals surface area contributed by atoms with Crippen LogP contribution in [0.5, 0.6) is 0 Å². The molecule has 0 fully saturated rings. The maximum atomic E-state index is 4.22. The van der Waals surface area contributed by atoms with E-state index < -0.39 is 0 Å². The molecule has 4 nitrogen and oxygen atoms in total. The summed E-state index contributed by atoms with van der Waals surface area (Å²) in [5.41, 5.74) is 0.968. The Labute approximate surface area is 72.3 Å². The fourth-order valence-electron chi connectivity index (χ4n) is 1.05. The van der Waals surface area contributed by atoms with Gasteiger partial charge in [-0.3, -0.25) is 0 Å². The lowest BCUT2D eigenvalue weighted by molar-refractivity contribution is 0.630. The molecule has 0 spiro atoms. The Morgan fingerprint density at radius 3 is 2.75 bits per heavy atom. The minimum Gasteiger partial charge on any atom is -0.240 e. The van der Waals surface area contributed by atoms with E-state index in [2.05, 4.69) is 22.2 Å². The predicted octanol–water partition coefficient (Wildman–Crippen LogP) is 1.58. The Morgan fingerprint density at radius 1 is 1.50 bits per heavy atom. The molecule has 0 unspecified atom stereocenters. The quantitative estimate of drug-likeness (QED) is 0.640. The van der Waals surface area contributed by atoms with Crippen LogP contribution in [-0.4, -0.2) is 21.2 Å². The number of aromatic nitrogens is 3. The summed E-state index contributed by atoms with van der Waals surface area (Å²) in [4.78, 5) is 4.22. The van der Waals surface area contributed by atoms with Gasteiger partial charge in [0, 0.05) is 12.8 Å². The van der Waals surface area contributed by atoms with Crippen molar-refractivity contribution in [2.24, 2.45) is 4.99 Å². The van der Waals surface area contributed by atoms with E-state index in [0.29, 0.717) is 0 Å². The summed E-state index contributed by atoms with van der Waals surface area (Å²) in [6.07, 6.45) is 2.65. The number of hydrogen-bond acceptors (Lipinski definition) is 3. The van der Waals surface area contributed by atoms with Crippen molar-refractivity contribution in [3.05, 3.63) is 5.69 Å². The zero-order chi connectivity index (χ0) is 8.97. The van der Waals surface area contributed by atoms with Crippen molar-refractivity contribution in [2.75, 3.05) is 0 Å². The molecular weight excluding hydrogens is 152 g/mol. The van der Waals surface area contributed by atoms with Gasteiger partial charge in [0.1, 0.15) is 5.69 Å². The zero-order valence-corrected chi connectivity index (χ0v) is 7.78. The van der Waals surface area contributed by atoms with E-state index in [1.165, 1.54) is 0 Å². The lowest BCUT2D eigenvalue weighted by Crippen LogP contribution is -1.95. The Kier molecular flexibility index (Phi) is 2.96. The van der Waals surface area contributed by atoms with Crippen LogP contribution in [0.25, 0.3) is 0 Å². The molecule has 0 bridgehead atoms. The highest BCUT2D eigenvalue weighted by atomic mass is 15.4. The van der Waals surface area contributed by atoms with Crippen molar-refractivity contribution >= 4 is 12.0 Å². The Bertz CT molecular complexity index is 253. The number of nitrogens with zero attached hydrogens (tertiary/aromatic N) is 4. The standard InChI is InChI=1S/C8H14N4/c1-4-7-8(9-5-2)12(6-3)11-10-7/h5H,4,6H2,1-3H3/b9-5-. The Morgan fingerprint density at radius 2 is 2.25 bits per heavy atom. The van der Waals surface area contributed by atoms with Gasteiger partial charge in [0.15, 0.2) is 5.82 Å². The molecular formula is C8H14N4. The van der Waals surface area contributed by atoms with Gasteiger partial charge in [0.25, 0.3) is 0 Å². The van der Waals surface area contributed by atoms with E-state index in [1.54, 1.807) is 10.9 Å². The first-order chi connectivity index (χ1) is 5.83. The van der Waals surface area contributed by atoms with Gasteiger partial charge in [0.05, 0.1) is 0 Å². The maximum Gasteiger partial charge on any atom is 0.173 e. The monoisotopic (exact) mass is 166 g/mol. The Hall–Kier alpha value is -1.19. The SMILES string of the molecule is C/C=N\c1c(CC)nnn1CC. The largest absolute Gasteiger partial charge is 0.240 e. The zero-order valence-electron chi connectivity index (χ0n) is 7.78. The maximum absolute atomic E-state index is 4.22. The smallest absolute Gasteiger partial charge is 0.173 e. The first kappa shape index (κ1) is 8.90. The van der Waals surface area contributed by atoms with Crippen LogP contribution < -0.4 is 0 Å². The second kappa shape index (κ2) is 3.99. The molecule has 1 aromatic heterocycles. The Balaban J connectivity index is 3.07. The third kappa shape index (κ3) is 1.52. The molecule has 12 heavy (non-hydrogen) atoms. The molecule has 0 aromatic carbocycles. The minimum atomic E-state index is 0.819. The molecule has 0 aliphatic heterocycles. The second-order valence-corrected chi connectivity index (χ2v) is 2.42. The molecule has 4 heteroatoms. The van der Waals surface area contributed by atoms with Crippen LogP contribution in [0.2, 0.25) is 0 Å². The third-order valence-corrected chi connectivity index (χ3v) is 1.66. The van der Waals surface area contributed by atoms with Crippen LogP contribution >= 0.6 is 0 Å². The molecule has 0 aliphatic carbocycles. The van der Waals surface area contributed by atoms with Gasteiger partial charge in [-0.25, -0.2) is 9.67 Å². The van der Waals surface area contributed by atoms with Gasteiger partial charge in [-0.15, -0.1) is 5.10 Å². The normalized spacial score (nSPS) is 11.2. The van der Waals surface area contributed by atoms with Crippen LogP contribution in [0, 0.1) is 0 Å². The summed E-state index contributed by atoms with van der Waals surface area (Å²) >= 11 is 0. The van der Waals surface area contributed by atoms with E-state index in [0.717, 1.165) is 24.5 Å². The highest BCUT2D eigenvalue weighted by Gasteiger charge is 2.07. The minimum absolute atomic E-state index is 0.819. The first-order valence-electron chi connectivity index (χ1n) is 4.24. The number of hydrogen-bond donors (Lipinski definition) is 0. The topological polar surface area (TPSA) is 43.1 Å². The summed E-state index contributed by atoms with van der Waals surface area (Å²) in [6, 6.07) is 0. The highest BCUT2D eigenvalue weighted by molar-refractivity contribution is 5.59. The van der Waals surface area contributed by atoms with Crippen LogP contribution in [-0.2, 0) is 13.0 Å². The average molecular weight is 166 g/mol. The van der Waals surface area contributed by atoms with E-state index in [1.807, 2.05) is 13.8 Å². The number of aryl methyl sites for hydroxylation is 2. The van der Waals surface area contributed by atoms with Gasteiger partial charge in [-0.1, -0.05) is 12.1 Å². The van der Waals surface area contributed by atoms with Gasteiger partial charge < -0.3 is 0 Å². The van der Waals surface area contributed by atoms with E-state index in [-0.39, 0.29) is 0 Å². The fourth-order valence-corrected chi connectivity index (χ4v) is 1.05. The highest BCUT2D eigenvalue weighted by Crippen LogP contribution is 2.15. The van der Waals surface area contributed by atoms with Crippen molar-refractivity contribution < 1.29 is 0 Å². The lowest BCUT2D eigenvalue weighted by Gasteiger charge is -1.97. The van der Waals surface area contributed by atoms with Crippen LogP contribution in [0.1, 0.15) is 26.5 Å². The van der Waals surface area contributed by atoms with Gasteiger partial charge in [-0.2, -0.15) is 0 Å². The molecule has 0 aliphatic rings. The molecule has 0 saturated carbocycles. The first-order valence-corrected chi connectivity index (χ1v) is 4.24. The summed E-state index contributed by atoms with van der Waals surface area (Å²) in [6.45, 7) is 6.80. The van der Waals surface area contributed by atoms with Crippen molar-refractivity contribution in [1.82, 2.24) is 15.0 Å². The second-order valence-electron chi connectivity index (χ2n) is 2.42. The van der Waals surface area contributed by atoms with E-state index in [4.69, 9.17) is 0 Å². The molecule has 0 saturated heterocycles. The lowest BCUT2D eigenvalue weighted by atomic mass is 10.3. The molecule has 0 radical (unpaired) electrons. The molecule has 66 valence electrons. The van der Waals surface area contributed by atoms with Crippen molar-refractivity contribution in [2.45, 2.75) is 33.7 Å². The molecule has 0 amide bonds. The molecule has 0 N–H and O–H groups in total. The van der Waals surface area contributed by atoms with Crippen LogP contribution in [0.3, 0.4) is 0 Å². The van der Waals surface area contributed by atoms with Gasteiger partial charge >= 0.3 is 0 Å². The predicted molar refractivity (Wildman–Crippen MR) is 48.9 cm³/mol. The molecule has 1 rings (SSSR count). The molecule has 1 heterocycles. The summed E-state index contributed by atoms with van der Waals surface area (Å²) in [7, 11) is 0. The van der Waals surface area contributed by atoms with Gasteiger partial charge in [-0.05, 0) is 20.3 Å². The van der Waals surface area contributed by atoms with E-state index in [9.17, 15) is 0 Å². The summed E-state index contributed by atoms with van der Waals surface area (Å²) in [5, 5.41) is 8.00. The summed E-state index contributed by atoms with van der Waals surface area (Å²) < 4.78 is 1.80. The van der Waals surface area contributed by atoms with Crippen molar-refractivity contribution in [3.63, 3.8) is 0 Å². The van der Waals surface area contributed by atoms with Gasteiger partial charge in [0.2, 0.25) is 0 Å².